The summed E-state index contributed by atoms with van der Waals surface area (Å²) in [4.78, 5) is 11.1. The normalized spacial score (nSPS) is 11.8. The first kappa shape index (κ1) is 11.0. The van der Waals surface area contributed by atoms with Gasteiger partial charge in [0.25, 0.3) is 0 Å². The lowest BCUT2D eigenvalue weighted by atomic mass is 10.2. The molecule has 1 atom stereocenters. The van der Waals surface area contributed by atoms with E-state index in [9.17, 15) is 4.79 Å². The lowest BCUT2D eigenvalue weighted by Gasteiger charge is -2.09. The first-order chi connectivity index (χ1) is 5.70. The van der Waals surface area contributed by atoms with E-state index in [0.29, 0.717) is 12.8 Å². The molecule has 0 fully saturated rings. The molecule has 0 rings (SSSR count). The number of terminal acetylenes is 1. The minimum Gasteiger partial charge on any atom is -0.353 e. The highest BCUT2D eigenvalue weighted by molar-refractivity contribution is 5.76. The summed E-state index contributed by atoms with van der Waals surface area (Å²) in [6, 6.07) is 0.111. The van der Waals surface area contributed by atoms with E-state index in [0.717, 1.165) is 12.8 Å². The largest absolute Gasteiger partial charge is 0.353 e. The molecule has 12 heavy (non-hydrogen) atoms. The molecule has 0 aliphatic carbocycles. The summed E-state index contributed by atoms with van der Waals surface area (Å²) in [6.07, 6.45) is 8.33. The van der Waals surface area contributed by atoms with Gasteiger partial charge < -0.3 is 5.32 Å². The fourth-order valence-corrected chi connectivity index (χ4v) is 0.912. The number of amides is 1. The molecule has 0 bridgehead atoms. The maximum Gasteiger partial charge on any atom is 0.220 e. The average Bonchev–Trinajstić information content (AvgIpc) is 2.01. The second kappa shape index (κ2) is 6.72. The van der Waals surface area contributed by atoms with E-state index in [2.05, 4.69) is 18.2 Å². The van der Waals surface area contributed by atoms with Gasteiger partial charge in [0.15, 0.2) is 0 Å². The summed E-state index contributed by atoms with van der Waals surface area (Å²) in [7, 11) is 0. The van der Waals surface area contributed by atoms with Crippen LogP contribution in [0.15, 0.2) is 0 Å². The lowest BCUT2D eigenvalue weighted by Crippen LogP contribution is -2.31. The van der Waals surface area contributed by atoms with E-state index in [4.69, 9.17) is 6.42 Å². The highest BCUT2D eigenvalue weighted by Gasteiger charge is 2.04. The molecular weight excluding hydrogens is 150 g/mol. The van der Waals surface area contributed by atoms with Crippen molar-refractivity contribution in [2.45, 2.75) is 45.6 Å². The molecule has 0 aliphatic heterocycles. The maximum atomic E-state index is 11.1. The molecule has 0 radical (unpaired) electrons. The fraction of sp³-hybridized carbons (Fsp3) is 0.700. The van der Waals surface area contributed by atoms with Crippen molar-refractivity contribution < 1.29 is 4.79 Å². The molecular formula is C10H17NO. The third-order valence-electron chi connectivity index (χ3n) is 1.59. The Hall–Kier alpha value is -0.970. The highest BCUT2D eigenvalue weighted by Crippen LogP contribution is 1.95. The molecule has 0 spiro atoms. The van der Waals surface area contributed by atoms with Gasteiger partial charge in [0.2, 0.25) is 5.91 Å². The minimum atomic E-state index is 0.111. The van der Waals surface area contributed by atoms with E-state index < -0.39 is 0 Å². The van der Waals surface area contributed by atoms with E-state index in [1.54, 1.807) is 0 Å². The predicted molar refractivity (Wildman–Crippen MR) is 50.6 cm³/mol. The Labute approximate surface area is 74.7 Å². The van der Waals surface area contributed by atoms with Crippen LogP contribution in [0.2, 0.25) is 0 Å². The Balaban J connectivity index is 3.48. The first-order valence-electron chi connectivity index (χ1n) is 4.43. The van der Waals surface area contributed by atoms with Gasteiger partial charge in [-0.1, -0.05) is 13.3 Å². The number of rotatable bonds is 5. The summed E-state index contributed by atoms with van der Waals surface area (Å²) < 4.78 is 0. The Morgan fingerprint density at radius 2 is 2.33 bits per heavy atom. The Morgan fingerprint density at radius 1 is 1.67 bits per heavy atom. The first-order valence-corrected chi connectivity index (χ1v) is 4.43. The van der Waals surface area contributed by atoms with Crippen LogP contribution in [0.1, 0.15) is 39.5 Å². The Kier molecular flexibility index (Phi) is 6.18. The van der Waals surface area contributed by atoms with Crippen LogP contribution in [0.4, 0.5) is 0 Å². The summed E-state index contributed by atoms with van der Waals surface area (Å²) in [5.41, 5.74) is 0. The van der Waals surface area contributed by atoms with E-state index in [1.807, 2.05) is 6.92 Å². The smallest absolute Gasteiger partial charge is 0.220 e. The quantitative estimate of drug-likeness (QED) is 0.620. The van der Waals surface area contributed by atoms with Crippen molar-refractivity contribution in [2.75, 3.05) is 0 Å². The zero-order valence-corrected chi connectivity index (χ0v) is 7.89. The second-order valence-electron chi connectivity index (χ2n) is 2.98. The number of carbonyl (C=O) groups is 1. The molecule has 0 aromatic rings. The standard InChI is InChI=1S/C10H17NO/c1-4-6-8-10(12)11-9(3)7-5-2/h2,9H,4,6-8H2,1,3H3,(H,11,12). The summed E-state index contributed by atoms with van der Waals surface area (Å²) in [5.74, 6) is 2.62. The molecule has 1 N–H and O–H groups in total. The minimum absolute atomic E-state index is 0.111. The van der Waals surface area contributed by atoms with Crippen molar-refractivity contribution in [2.24, 2.45) is 0 Å². The van der Waals surface area contributed by atoms with Crippen LogP contribution in [0.3, 0.4) is 0 Å². The van der Waals surface area contributed by atoms with Crippen molar-refractivity contribution in [1.82, 2.24) is 5.32 Å². The third kappa shape index (κ3) is 5.79. The van der Waals surface area contributed by atoms with Crippen molar-refractivity contribution >= 4 is 5.91 Å². The van der Waals surface area contributed by atoms with Gasteiger partial charge >= 0.3 is 0 Å². The van der Waals surface area contributed by atoms with Crippen LogP contribution in [-0.4, -0.2) is 11.9 Å². The molecule has 0 saturated carbocycles. The van der Waals surface area contributed by atoms with Crippen LogP contribution < -0.4 is 5.32 Å². The molecule has 2 heteroatoms. The van der Waals surface area contributed by atoms with Crippen LogP contribution in [0, 0.1) is 12.3 Å². The van der Waals surface area contributed by atoms with Gasteiger partial charge in [-0.05, 0) is 13.3 Å². The Morgan fingerprint density at radius 3 is 2.83 bits per heavy atom. The van der Waals surface area contributed by atoms with Crippen LogP contribution in [0.5, 0.6) is 0 Å². The SMILES string of the molecule is C#CCC(C)NC(=O)CCCC. The number of hydrogen-bond donors (Lipinski definition) is 1. The van der Waals surface area contributed by atoms with E-state index in [-0.39, 0.29) is 11.9 Å². The van der Waals surface area contributed by atoms with Gasteiger partial charge in [-0.2, -0.15) is 0 Å². The van der Waals surface area contributed by atoms with Crippen LogP contribution in [-0.2, 0) is 4.79 Å². The zero-order valence-electron chi connectivity index (χ0n) is 7.89. The highest BCUT2D eigenvalue weighted by atomic mass is 16.1. The zero-order chi connectivity index (χ0) is 9.40. The summed E-state index contributed by atoms with van der Waals surface area (Å²) in [5, 5.41) is 2.83. The maximum absolute atomic E-state index is 11.1. The van der Waals surface area contributed by atoms with Crippen LogP contribution in [0.25, 0.3) is 0 Å². The van der Waals surface area contributed by atoms with Gasteiger partial charge in [0.1, 0.15) is 0 Å². The number of hydrogen-bond acceptors (Lipinski definition) is 1. The molecule has 0 aromatic heterocycles. The Bertz CT molecular complexity index is 169. The van der Waals surface area contributed by atoms with Gasteiger partial charge in [0.05, 0.1) is 0 Å². The molecule has 0 heterocycles. The third-order valence-corrected chi connectivity index (χ3v) is 1.59. The topological polar surface area (TPSA) is 29.1 Å². The lowest BCUT2D eigenvalue weighted by molar-refractivity contribution is -0.121. The summed E-state index contributed by atoms with van der Waals surface area (Å²) in [6.45, 7) is 3.99. The van der Waals surface area contributed by atoms with Gasteiger partial charge in [-0.15, -0.1) is 12.3 Å². The van der Waals surface area contributed by atoms with E-state index >= 15 is 0 Å². The summed E-state index contributed by atoms with van der Waals surface area (Å²) >= 11 is 0. The number of carbonyl (C=O) groups excluding carboxylic acids is 1. The van der Waals surface area contributed by atoms with Crippen molar-refractivity contribution in [3.63, 3.8) is 0 Å². The fourth-order valence-electron chi connectivity index (χ4n) is 0.912. The van der Waals surface area contributed by atoms with E-state index in [1.165, 1.54) is 0 Å². The van der Waals surface area contributed by atoms with Gasteiger partial charge in [-0.3, -0.25) is 4.79 Å². The molecule has 2 nitrogen and oxygen atoms in total. The molecule has 68 valence electrons. The number of nitrogens with one attached hydrogen (secondary N) is 1. The van der Waals surface area contributed by atoms with Crippen molar-refractivity contribution in [3.05, 3.63) is 0 Å². The number of unbranched alkanes of at least 4 members (excludes halogenated alkanes) is 1. The molecule has 0 aromatic carbocycles. The van der Waals surface area contributed by atoms with Gasteiger partial charge in [0, 0.05) is 18.9 Å². The average molecular weight is 167 g/mol. The van der Waals surface area contributed by atoms with Crippen molar-refractivity contribution in [3.8, 4) is 12.3 Å². The second-order valence-corrected chi connectivity index (χ2v) is 2.98. The monoisotopic (exact) mass is 167 g/mol. The molecule has 1 amide bonds. The molecule has 0 saturated heterocycles. The molecule has 1 unspecified atom stereocenters. The van der Waals surface area contributed by atoms with Crippen LogP contribution >= 0.6 is 0 Å². The van der Waals surface area contributed by atoms with Crippen molar-refractivity contribution in [1.29, 1.82) is 0 Å². The predicted octanol–water partition coefficient (Wildman–Crippen LogP) is 1.70. The van der Waals surface area contributed by atoms with Gasteiger partial charge in [-0.25, -0.2) is 0 Å². The molecule has 0 aliphatic rings.